The number of fused-ring (bicyclic) bond motifs is 1. The van der Waals surface area contributed by atoms with Crippen molar-refractivity contribution >= 4 is 11.4 Å². The second-order valence-electron chi connectivity index (χ2n) is 4.98. The van der Waals surface area contributed by atoms with E-state index in [4.69, 9.17) is 10.5 Å². The van der Waals surface area contributed by atoms with E-state index in [0.29, 0.717) is 0 Å². The molecule has 0 bridgehead atoms. The van der Waals surface area contributed by atoms with Gasteiger partial charge < -0.3 is 15.4 Å². The summed E-state index contributed by atoms with van der Waals surface area (Å²) in [7, 11) is 0. The third-order valence-electron chi connectivity index (χ3n) is 3.44. The molecule has 98 valence electrons. The van der Waals surface area contributed by atoms with Crippen molar-refractivity contribution in [1.29, 1.82) is 0 Å². The number of nitrogens with zero attached hydrogens (tertiary/aromatic N) is 1. The van der Waals surface area contributed by atoms with Crippen molar-refractivity contribution in [1.82, 2.24) is 0 Å². The highest BCUT2D eigenvalue weighted by atomic mass is 16.5. The van der Waals surface area contributed by atoms with Crippen LogP contribution in [0.15, 0.2) is 42.5 Å². The van der Waals surface area contributed by atoms with Gasteiger partial charge in [-0.15, -0.1) is 0 Å². The number of nitrogens with two attached hydrogens (primary N) is 1. The summed E-state index contributed by atoms with van der Waals surface area (Å²) >= 11 is 0. The maximum Gasteiger partial charge on any atom is 0.142 e. The number of nitrogen functional groups attached to an aromatic ring is 1. The molecular weight excluding hydrogens is 236 g/mol. The summed E-state index contributed by atoms with van der Waals surface area (Å²) in [5.41, 5.74) is 10.3. The van der Waals surface area contributed by atoms with Crippen LogP contribution in [0.3, 0.4) is 0 Å². The molecule has 1 aliphatic heterocycles. The Bertz CT molecular complexity index is 578. The number of hydrogen-bond acceptors (Lipinski definition) is 3. The minimum absolute atomic E-state index is 0.725. The number of hydrogen-bond donors (Lipinski definition) is 1. The molecule has 3 heteroatoms. The zero-order chi connectivity index (χ0) is 13.2. The minimum atomic E-state index is 0.725. The van der Waals surface area contributed by atoms with Gasteiger partial charge in [0.25, 0.3) is 0 Å². The van der Waals surface area contributed by atoms with Crippen LogP contribution in [0.2, 0.25) is 0 Å². The Morgan fingerprint density at radius 1 is 1.16 bits per heavy atom. The quantitative estimate of drug-likeness (QED) is 0.837. The molecule has 0 spiro atoms. The molecule has 2 aromatic rings. The predicted molar refractivity (Wildman–Crippen MR) is 78.6 cm³/mol. The third kappa shape index (κ3) is 2.50. The zero-order valence-electron chi connectivity index (χ0n) is 11.1. The molecule has 0 saturated heterocycles. The van der Waals surface area contributed by atoms with Gasteiger partial charge >= 0.3 is 0 Å². The van der Waals surface area contributed by atoms with E-state index in [2.05, 4.69) is 36.1 Å². The highest BCUT2D eigenvalue weighted by molar-refractivity contribution is 5.66. The molecule has 2 N–H and O–H groups in total. The molecular formula is C16H18N2O. The van der Waals surface area contributed by atoms with Gasteiger partial charge in [-0.3, -0.25) is 0 Å². The van der Waals surface area contributed by atoms with Gasteiger partial charge in [0.1, 0.15) is 12.4 Å². The Balaban J connectivity index is 1.87. The summed E-state index contributed by atoms with van der Waals surface area (Å²) in [5.74, 6) is 0.924. The second-order valence-corrected chi connectivity index (χ2v) is 4.98. The van der Waals surface area contributed by atoms with Gasteiger partial charge in [0.05, 0.1) is 12.2 Å². The second kappa shape index (κ2) is 4.84. The molecule has 2 aromatic carbocycles. The van der Waals surface area contributed by atoms with Crippen LogP contribution in [-0.4, -0.2) is 13.2 Å². The molecule has 0 unspecified atom stereocenters. The van der Waals surface area contributed by atoms with Crippen LogP contribution < -0.4 is 15.4 Å². The van der Waals surface area contributed by atoms with Crippen LogP contribution in [0, 0.1) is 6.92 Å². The largest absolute Gasteiger partial charge is 0.490 e. The average molecular weight is 254 g/mol. The molecule has 19 heavy (non-hydrogen) atoms. The van der Waals surface area contributed by atoms with Gasteiger partial charge in [0.15, 0.2) is 0 Å². The van der Waals surface area contributed by atoms with E-state index in [0.717, 1.165) is 36.8 Å². The van der Waals surface area contributed by atoms with E-state index >= 15 is 0 Å². The number of benzene rings is 2. The zero-order valence-corrected chi connectivity index (χ0v) is 11.1. The summed E-state index contributed by atoms with van der Waals surface area (Å²) in [6.07, 6.45) is 0. The first-order chi connectivity index (χ1) is 9.22. The first-order valence-electron chi connectivity index (χ1n) is 6.55. The minimum Gasteiger partial charge on any atom is -0.490 e. The van der Waals surface area contributed by atoms with Crippen molar-refractivity contribution in [3.05, 3.63) is 53.6 Å². The Morgan fingerprint density at radius 2 is 1.95 bits per heavy atom. The normalized spacial score (nSPS) is 13.8. The Kier molecular flexibility index (Phi) is 3.03. The lowest BCUT2D eigenvalue weighted by molar-refractivity contribution is 0.307. The van der Waals surface area contributed by atoms with E-state index < -0.39 is 0 Å². The Morgan fingerprint density at radius 3 is 2.74 bits per heavy atom. The van der Waals surface area contributed by atoms with Crippen LogP contribution >= 0.6 is 0 Å². The number of aryl methyl sites for hydroxylation is 1. The highest BCUT2D eigenvalue weighted by Gasteiger charge is 2.18. The molecule has 1 aliphatic rings. The molecule has 0 atom stereocenters. The van der Waals surface area contributed by atoms with E-state index in [1.165, 1.54) is 11.1 Å². The topological polar surface area (TPSA) is 38.5 Å². The summed E-state index contributed by atoms with van der Waals surface area (Å²) < 4.78 is 5.67. The summed E-state index contributed by atoms with van der Waals surface area (Å²) in [4.78, 5) is 2.32. The fraction of sp³-hybridized carbons (Fsp3) is 0.250. The Hall–Kier alpha value is -2.16. The molecule has 0 aliphatic carbocycles. The maximum absolute atomic E-state index is 5.88. The molecule has 1 heterocycles. The van der Waals surface area contributed by atoms with Crippen molar-refractivity contribution in [3.8, 4) is 5.75 Å². The van der Waals surface area contributed by atoms with Crippen LogP contribution in [0.1, 0.15) is 11.1 Å². The third-order valence-corrected chi connectivity index (χ3v) is 3.44. The van der Waals surface area contributed by atoms with Gasteiger partial charge in [-0.1, -0.05) is 29.8 Å². The molecule has 3 rings (SSSR count). The van der Waals surface area contributed by atoms with Crippen LogP contribution in [-0.2, 0) is 6.54 Å². The van der Waals surface area contributed by atoms with Crippen molar-refractivity contribution in [2.75, 3.05) is 23.8 Å². The maximum atomic E-state index is 5.88. The standard InChI is InChI=1S/C16H18N2O/c1-12-2-4-13(5-3-12)11-18-8-9-19-16-7-6-14(17)10-15(16)18/h2-7,10H,8-9,11,17H2,1H3. The Labute approximate surface area is 113 Å². The van der Waals surface area contributed by atoms with Gasteiger partial charge in [0.2, 0.25) is 0 Å². The molecule has 0 aromatic heterocycles. The molecule has 3 nitrogen and oxygen atoms in total. The first-order valence-corrected chi connectivity index (χ1v) is 6.55. The molecule has 0 saturated carbocycles. The number of ether oxygens (including phenoxy) is 1. The number of rotatable bonds is 2. The molecule has 0 radical (unpaired) electrons. The van der Waals surface area contributed by atoms with Crippen LogP contribution in [0.25, 0.3) is 0 Å². The predicted octanol–water partition coefficient (Wildman–Crippen LogP) is 2.98. The van der Waals surface area contributed by atoms with E-state index in [1.807, 2.05) is 18.2 Å². The number of anilines is 2. The first kappa shape index (κ1) is 11.9. The van der Waals surface area contributed by atoms with E-state index in [-0.39, 0.29) is 0 Å². The van der Waals surface area contributed by atoms with Crippen LogP contribution in [0.4, 0.5) is 11.4 Å². The van der Waals surface area contributed by atoms with E-state index in [1.54, 1.807) is 0 Å². The fourth-order valence-corrected chi connectivity index (χ4v) is 2.37. The van der Waals surface area contributed by atoms with Crippen molar-refractivity contribution in [2.45, 2.75) is 13.5 Å². The summed E-state index contributed by atoms with van der Waals surface area (Å²) in [6.45, 7) is 4.61. The molecule has 0 amide bonds. The lowest BCUT2D eigenvalue weighted by Gasteiger charge is -2.31. The van der Waals surface area contributed by atoms with E-state index in [9.17, 15) is 0 Å². The summed E-state index contributed by atoms with van der Waals surface area (Å²) in [5, 5.41) is 0. The summed E-state index contributed by atoms with van der Waals surface area (Å²) in [6, 6.07) is 14.5. The average Bonchev–Trinajstić information content (AvgIpc) is 2.42. The fourth-order valence-electron chi connectivity index (χ4n) is 2.37. The highest BCUT2D eigenvalue weighted by Crippen LogP contribution is 2.34. The van der Waals surface area contributed by atoms with Gasteiger partial charge in [-0.25, -0.2) is 0 Å². The van der Waals surface area contributed by atoms with Crippen LogP contribution in [0.5, 0.6) is 5.75 Å². The smallest absolute Gasteiger partial charge is 0.142 e. The van der Waals surface area contributed by atoms with Crippen molar-refractivity contribution < 1.29 is 4.74 Å². The monoisotopic (exact) mass is 254 g/mol. The molecule has 0 fully saturated rings. The van der Waals surface area contributed by atoms with Gasteiger partial charge in [0, 0.05) is 12.2 Å². The van der Waals surface area contributed by atoms with Gasteiger partial charge in [-0.2, -0.15) is 0 Å². The van der Waals surface area contributed by atoms with Gasteiger partial charge in [-0.05, 0) is 30.7 Å². The lowest BCUT2D eigenvalue weighted by atomic mass is 10.1. The van der Waals surface area contributed by atoms with Crippen molar-refractivity contribution in [3.63, 3.8) is 0 Å². The lowest BCUT2D eigenvalue weighted by Crippen LogP contribution is -2.32. The van der Waals surface area contributed by atoms with Crippen molar-refractivity contribution in [2.24, 2.45) is 0 Å². The SMILES string of the molecule is Cc1ccc(CN2CCOc3ccc(N)cc32)cc1.